The molecule has 0 radical (unpaired) electrons. The third-order valence-electron chi connectivity index (χ3n) is 1.80. The molecule has 2 heterocycles. The lowest BCUT2D eigenvalue weighted by Gasteiger charge is -2.17. The van der Waals surface area contributed by atoms with Crippen LogP contribution in [0.25, 0.3) is 0 Å². The van der Waals surface area contributed by atoms with Gasteiger partial charge in [0.15, 0.2) is 11.8 Å². The molecule has 1 N–H and O–H groups in total. The van der Waals surface area contributed by atoms with Gasteiger partial charge in [0.05, 0.1) is 0 Å². The van der Waals surface area contributed by atoms with Crippen LogP contribution in [0.3, 0.4) is 0 Å². The number of hydrogen-bond donors (Lipinski definition) is 1. The Labute approximate surface area is 85.5 Å². The Morgan fingerprint density at radius 3 is 3.07 bits per heavy atom. The van der Waals surface area contributed by atoms with Crippen molar-refractivity contribution in [2.45, 2.75) is 13.3 Å². The molecule has 0 aromatic carbocycles. The second-order valence-electron chi connectivity index (χ2n) is 2.80. The fraction of sp³-hybridized carbons (Fsp3) is 0.375. The summed E-state index contributed by atoms with van der Waals surface area (Å²) in [6.45, 7) is 1.89. The molecule has 14 heavy (non-hydrogen) atoms. The van der Waals surface area contributed by atoms with E-state index in [1.807, 2.05) is 6.92 Å². The number of halogens is 1. The maximum atomic E-state index is 11.0. The van der Waals surface area contributed by atoms with Gasteiger partial charge >= 0.3 is 0 Å². The van der Waals surface area contributed by atoms with Crippen LogP contribution >= 0.6 is 11.6 Å². The third kappa shape index (κ3) is 1.50. The Balaban J connectivity index is 2.48. The van der Waals surface area contributed by atoms with Crippen LogP contribution in [0.15, 0.2) is 0 Å². The average molecular weight is 214 g/mol. The van der Waals surface area contributed by atoms with Gasteiger partial charge in [-0.25, -0.2) is 4.98 Å². The summed E-state index contributed by atoms with van der Waals surface area (Å²) in [5, 5.41) is 2.78. The zero-order valence-electron chi connectivity index (χ0n) is 7.50. The van der Waals surface area contributed by atoms with Crippen molar-refractivity contribution in [2.75, 3.05) is 11.9 Å². The van der Waals surface area contributed by atoms with Gasteiger partial charge in [-0.3, -0.25) is 4.79 Å². The summed E-state index contributed by atoms with van der Waals surface area (Å²) >= 11 is 5.85. The highest BCUT2D eigenvalue weighted by Gasteiger charge is 2.21. The minimum Gasteiger partial charge on any atom is -0.466 e. The van der Waals surface area contributed by atoms with Gasteiger partial charge in [0.2, 0.25) is 5.88 Å². The highest BCUT2D eigenvalue weighted by Crippen LogP contribution is 2.31. The molecule has 74 valence electrons. The second-order valence-corrected chi connectivity index (χ2v) is 3.16. The van der Waals surface area contributed by atoms with Crippen LogP contribution in [0.5, 0.6) is 5.88 Å². The van der Waals surface area contributed by atoms with E-state index in [0.717, 1.165) is 0 Å². The Bertz CT molecular complexity index is 394. The van der Waals surface area contributed by atoms with Gasteiger partial charge in [-0.15, -0.1) is 0 Å². The lowest BCUT2D eigenvalue weighted by Crippen LogP contribution is -2.26. The quantitative estimate of drug-likeness (QED) is 0.708. The number of nitrogens with one attached hydrogen (secondary N) is 1. The number of carbonyl (C=O) groups excluding carboxylic acids is 1. The monoisotopic (exact) mass is 213 g/mol. The van der Waals surface area contributed by atoms with Crippen molar-refractivity contribution in [3.8, 4) is 5.88 Å². The number of amides is 1. The molecule has 0 atom stereocenters. The molecule has 0 aliphatic carbocycles. The van der Waals surface area contributed by atoms with Crippen LogP contribution in [-0.2, 0) is 11.2 Å². The van der Waals surface area contributed by atoms with Gasteiger partial charge in [-0.1, -0.05) is 18.5 Å². The molecule has 0 saturated carbocycles. The molecule has 5 nitrogen and oxygen atoms in total. The fourth-order valence-corrected chi connectivity index (χ4v) is 1.36. The Morgan fingerprint density at radius 2 is 2.36 bits per heavy atom. The molecule has 0 bridgehead atoms. The number of aromatic nitrogens is 2. The van der Waals surface area contributed by atoms with Crippen molar-refractivity contribution in [2.24, 2.45) is 0 Å². The minimum absolute atomic E-state index is 0.0243. The number of rotatable bonds is 1. The van der Waals surface area contributed by atoms with Gasteiger partial charge in [0.25, 0.3) is 5.91 Å². The highest BCUT2D eigenvalue weighted by atomic mass is 35.5. The maximum absolute atomic E-state index is 11.0. The lowest BCUT2D eigenvalue weighted by molar-refractivity contribution is -0.118. The van der Waals surface area contributed by atoms with E-state index in [2.05, 4.69) is 15.3 Å². The van der Waals surface area contributed by atoms with Gasteiger partial charge in [-0.2, -0.15) is 4.98 Å². The van der Waals surface area contributed by atoms with E-state index < -0.39 is 0 Å². The molecule has 1 aliphatic rings. The van der Waals surface area contributed by atoms with E-state index in [0.29, 0.717) is 23.8 Å². The van der Waals surface area contributed by atoms with Crippen molar-refractivity contribution in [1.29, 1.82) is 0 Å². The summed E-state index contributed by atoms with van der Waals surface area (Å²) in [7, 11) is 0. The summed E-state index contributed by atoms with van der Waals surface area (Å²) < 4.78 is 5.11. The zero-order chi connectivity index (χ0) is 10.1. The Morgan fingerprint density at radius 1 is 1.57 bits per heavy atom. The van der Waals surface area contributed by atoms with Crippen molar-refractivity contribution in [3.05, 3.63) is 11.0 Å². The van der Waals surface area contributed by atoms with Crippen molar-refractivity contribution in [1.82, 2.24) is 9.97 Å². The minimum atomic E-state index is -0.243. The number of nitrogens with zero attached hydrogens (tertiary/aromatic N) is 2. The Kier molecular flexibility index (Phi) is 2.25. The van der Waals surface area contributed by atoms with E-state index >= 15 is 0 Å². The molecule has 2 rings (SSSR count). The molecule has 0 fully saturated rings. The van der Waals surface area contributed by atoms with Crippen molar-refractivity contribution >= 4 is 23.2 Å². The number of carbonyl (C=O) groups is 1. The summed E-state index contributed by atoms with van der Waals surface area (Å²) in [6.07, 6.45) is 0.671. The topological polar surface area (TPSA) is 64.1 Å². The average Bonchev–Trinajstić information content (AvgIpc) is 2.19. The Hall–Kier alpha value is -1.36. The second kappa shape index (κ2) is 3.42. The molecule has 6 heteroatoms. The lowest BCUT2D eigenvalue weighted by atomic mass is 10.4. The summed E-state index contributed by atoms with van der Waals surface area (Å²) in [5.74, 6) is 0.707. The van der Waals surface area contributed by atoms with E-state index in [9.17, 15) is 4.79 Å². The summed E-state index contributed by atoms with van der Waals surface area (Å²) in [4.78, 5) is 19.1. The molecule has 1 amide bonds. The molecule has 0 saturated heterocycles. The fourth-order valence-electron chi connectivity index (χ4n) is 1.13. The number of hydrogen-bond acceptors (Lipinski definition) is 4. The zero-order valence-corrected chi connectivity index (χ0v) is 8.26. The van der Waals surface area contributed by atoms with Crippen LogP contribution in [0.2, 0.25) is 5.15 Å². The molecule has 0 unspecified atom stereocenters. The van der Waals surface area contributed by atoms with Crippen LogP contribution < -0.4 is 10.1 Å². The smallest absolute Gasteiger partial charge is 0.262 e. The van der Waals surface area contributed by atoms with Gasteiger partial charge < -0.3 is 10.1 Å². The van der Waals surface area contributed by atoms with Crippen LogP contribution in [-0.4, -0.2) is 22.5 Å². The van der Waals surface area contributed by atoms with Crippen LogP contribution in [0, 0.1) is 0 Å². The molecule has 1 aliphatic heterocycles. The van der Waals surface area contributed by atoms with Crippen molar-refractivity contribution in [3.63, 3.8) is 0 Å². The predicted octanol–water partition coefficient (Wildman–Crippen LogP) is 1.02. The van der Waals surface area contributed by atoms with E-state index in [4.69, 9.17) is 16.3 Å². The first-order valence-electron chi connectivity index (χ1n) is 4.19. The third-order valence-corrected chi connectivity index (χ3v) is 2.07. The molecular formula is C8H8ClN3O2. The van der Waals surface area contributed by atoms with Crippen molar-refractivity contribution < 1.29 is 9.53 Å². The summed E-state index contributed by atoms with van der Waals surface area (Å²) in [5.41, 5.74) is 0.361. The molecule has 0 spiro atoms. The molecular weight excluding hydrogens is 206 g/mol. The highest BCUT2D eigenvalue weighted by molar-refractivity contribution is 6.33. The standard InChI is InChI=1S/C8H8ClN3O2/c1-2-4-10-7(9)6-8(11-4)14-3-5(13)12-6/h2-3H2,1H3,(H,12,13). The first-order chi connectivity index (χ1) is 6.70. The van der Waals surface area contributed by atoms with Gasteiger partial charge in [0.1, 0.15) is 11.5 Å². The first kappa shape index (κ1) is 9.21. The van der Waals surface area contributed by atoms with Crippen LogP contribution in [0.4, 0.5) is 5.69 Å². The number of aryl methyl sites for hydroxylation is 1. The van der Waals surface area contributed by atoms with Gasteiger partial charge in [0, 0.05) is 6.42 Å². The SMILES string of the molecule is CCc1nc(Cl)c2c(n1)OCC(=O)N2. The number of fused-ring (bicyclic) bond motifs is 1. The normalized spacial score (nSPS) is 14.3. The number of anilines is 1. The predicted molar refractivity (Wildman–Crippen MR) is 50.5 cm³/mol. The number of ether oxygens (including phenoxy) is 1. The van der Waals surface area contributed by atoms with E-state index in [-0.39, 0.29) is 17.7 Å². The van der Waals surface area contributed by atoms with Crippen LogP contribution in [0.1, 0.15) is 12.7 Å². The molecule has 1 aromatic heterocycles. The van der Waals surface area contributed by atoms with Gasteiger partial charge in [-0.05, 0) is 0 Å². The maximum Gasteiger partial charge on any atom is 0.262 e. The van der Waals surface area contributed by atoms with E-state index in [1.165, 1.54) is 0 Å². The molecule has 1 aromatic rings. The largest absolute Gasteiger partial charge is 0.466 e. The van der Waals surface area contributed by atoms with E-state index in [1.54, 1.807) is 0 Å². The summed E-state index contributed by atoms with van der Waals surface area (Å²) in [6, 6.07) is 0. The first-order valence-corrected chi connectivity index (χ1v) is 4.57.